The van der Waals surface area contributed by atoms with Gasteiger partial charge in [-0.2, -0.15) is 0 Å². The number of benzene rings is 1. The Hall–Kier alpha value is -3.06. The van der Waals surface area contributed by atoms with Crippen molar-refractivity contribution in [1.29, 1.82) is 0 Å². The number of rotatable bonds is 5. The maximum Gasteiger partial charge on any atom is 0.375 e. The molecule has 0 spiro atoms. The van der Waals surface area contributed by atoms with Gasteiger partial charge in [0.1, 0.15) is 17.2 Å². The first-order valence-corrected chi connectivity index (χ1v) is 8.52. The molecular weight excluding hydrogens is 372 g/mol. The Labute approximate surface area is 159 Å². The van der Waals surface area contributed by atoms with Gasteiger partial charge in [0.05, 0.1) is 17.2 Å². The van der Waals surface area contributed by atoms with Crippen molar-refractivity contribution < 1.29 is 23.6 Å². The fourth-order valence-electron chi connectivity index (χ4n) is 2.87. The van der Waals surface area contributed by atoms with Crippen molar-refractivity contribution >= 4 is 23.5 Å². The highest BCUT2D eigenvalue weighted by atomic mass is 35.5. The molecule has 2 aromatic heterocycles. The lowest BCUT2D eigenvalue weighted by atomic mass is 10.00. The lowest BCUT2D eigenvalue weighted by Gasteiger charge is -2.14. The van der Waals surface area contributed by atoms with E-state index in [4.69, 9.17) is 20.5 Å². The molecule has 0 fully saturated rings. The van der Waals surface area contributed by atoms with Gasteiger partial charge in [-0.05, 0) is 39.0 Å². The topological polar surface area (TPSA) is 106 Å². The van der Waals surface area contributed by atoms with Gasteiger partial charge in [-0.3, -0.25) is 4.79 Å². The van der Waals surface area contributed by atoms with E-state index in [9.17, 15) is 14.7 Å². The number of amides is 1. The van der Waals surface area contributed by atoms with Gasteiger partial charge in [0.2, 0.25) is 5.76 Å². The van der Waals surface area contributed by atoms with Crippen LogP contribution in [0.4, 0.5) is 0 Å². The summed E-state index contributed by atoms with van der Waals surface area (Å²) in [4.78, 5) is 24.1. The van der Waals surface area contributed by atoms with Crippen LogP contribution in [-0.4, -0.2) is 22.1 Å². The molecule has 0 aliphatic carbocycles. The predicted octanol–water partition coefficient (Wildman–Crippen LogP) is 4.39. The second-order valence-corrected chi connectivity index (χ2v) is 6.54. The third kappa shape index (κ3) is 3.73. The number of carbonyl (C=O) groups excluding carboxylic acids is 1. The molecule has 0 aliphatic rings. The third-order valence-corrected chi connectivity index (χ3v) is 4.36. The molecule has 0 bridgehead atoms. The van der Waals surface area contributed by atoms with Crippen LogP contribution < -0.4 is 5.32 Å². The Morgan fingerprint density at radius 1 is 1.22 bits per heavy atom. The van der Waals surface area contributed by atoms with Crippen LogP contribution in [0.2, 0.25) is 5.02 Å². The lowest BCUT2D eigenvalue weighted by Crippen LogP contribution is -2.28. The monoisotopic (exact) mass is 388 g/mol. The summed E-state index contributed by atoms with van der Waals surface area (Å²) < 4.78 is 10.4. The summed E-state index contributed by atoms with van der Waals surface area (Å²) in [5, 5.41) is 16.6. The molecule has 8 heteroatoms. The van der Waals surface area contributed by atoms with Crippen molar-refractivity contribution in [2.45, 2.75) is 26.8 Å². The Bertz CT molecular complexity index is 1000. The summed E-state index contributed by atoms with van der Waals surface area (Å²) in [6.07, 6.45) is 0. The van der Waals surface area contributed by atoms with Crippen molar-refractivity contribution in [2.24, 2.45) is 0 Å². The minimum atomic E-state index is -1.27. The van der Waals surface area contributed by atoms with Crippen LogP contribution in [-0.2, 0) is 0 Å². The third-order valence-electron chi connectivity index (χ3n) is 4.11. The van der Waals surface area contributed by atoms with E-state index in [1.807, 2.05) is 0 Å². The molecular formula is C19H17ClN2O5. The maximum atomic E-state index is 12.6. The molecule has 0 saturated heterocycles. The van der Waals surface area contributed by atoms with E-state index < -0.39 is 12.0 Å². The first-order valence-electron chi connectivity index (χ1n) is 8.14. The number of carbonyl (C=O) groups is 2. The number of furan rings is 1. The number of carboxylic acid groups (broad SMARTS) is 1. The normalized spacial score (nSPS) is 12.0. The number of aromatic carboxylic acids is 1. The Balaban J connectivity index is 1.97. The van der Waals surface area contributed by atoms with Crippen LogP contribution >= 0.6 is 11.6 Å². The molecule has 0 saturated carbocycles. The van der Waals surface area contributed by atoms with E-state index in [0.717, 1.165) is 0 Å². The van der Waals surface area contributed by atoms with Gasteiger partial charge in [-0.15, -0.1) is 0 Å². The van der Waals surface area contributed by atoms with E-state index in [1.165, 1.54) is 0 Å². The number of carboxylic acids is 1. The van der Waals surface area contributed by atoms with Crippen molar-refractivity contribution in [3.8, 4) is 11.3 Å². The Kier molecular flexibility index (Phi) is 5.05. The molecule has 1 aromatic carbocycles. The molecule has 7 nitrogen and oxygen atoms in total. The van der Waals surface area contributed by atoms with Crippen LogP contribution in [0.1, 0.15) is 51.0 Å². The molecule has 2 heterocycles. The summed E-state index contributed by atoms with van der Waals surface area (Å²) in [6.45, 7) is 5.10. The van der Waals surface area contributed by atoms with Gasteiger partial charge in [0, 0.05) is 10.6 Å². The number of nitrogens with zero attached hydrogens (tertiary/aromatic N) is 1. The smallest absolute Gasteiger partial charge is 0.375 e. The summed E-state index contributed by atoms with van der Waals surface area (Å²) in [5.41, 5.74) is 1.62. The zero-order valence-corrected chi connectivity index (χ0v) is 15.6. The number of hydrogen-bond acceptors (Lipinski definition) is 5. The number of aryl methyl sites for hydroxylation is 2. The highest BCUT2D eigenvalue weighted by molar-refractivity contribution is 6.30. The molecule has 3 aromatic rings. The molecule has 2 N–H and O–H groups in total. The van der Waals surface area contributed by atoms with Gasteiger partial charge in [-0.25, -0.2) is 4.79 Å². The second-order valence-electron chi connectivity index (χ2n) is 6.11. The quantitative estimate of drug-likeness (QED) is 0.671. The van der Waals surface area contributed by atoms with Gasteiger partial charge in [0.15, 0.2) is 0 Å². The Morgan fingerprint density at radius 2 is 1.89 bits per heavy atom. The number of nitrogens with one attached hydrogen (secondary N) is 1. The minimum absolute atomic E-state index is 0.274. The van der Waals surface area contributed by atoms with Crippen molar-refractivity contribution in [3.05, 3.63) is 63.8 Å². The maximum absolute atomic E-state index is 12.6. The van der Waals surface area contributed by atoms with Gasteiger partial charge in [0.25, 0.3) is 5.91 Å². The molecule has 1 amide bonds. The van der Waals surface area contributed by atoms with Crippen molar-refractivity contribution in [2.75, 3.05) is 0 Å². The second kappa shape index (κ2) is 7.28. The van der Waals surface area contributed by atoms with Crippen LogP contribution in [0.3, 0.4) is 0 Å². The standard InChI is InChI=1S/C19H17ClN2O5/c1-9-8-14(11(3)26-9)18(23)21-10(2)15-16(22-27-17(15)19(24)25)12-4-6-13(20)7-5-12/h4-8,10H,1-3H3,(H,21,23)(H,24,25)/t10-/m1/s1. The highest BCUT2D eigenvalue weighted by Gasteiger charge is 2.28. The van der Waals surface area contributed by atoms with E-state index in [2.05, 4.69) is 10.5 Å². The first kappa shape index (κ1) is 18.7. The van der Waals surface area contributed by atoms with E-state index in [0.29, 0.717) is 33.4 Å². The van der Waals surface area contributed by atoms with Gasteiger partial charge >= 0.3 is 5.97 Å². The molecule has 0 radical (unpaired) electrons. The largest absolute Gasteiger partial charge is 0.475 e. The molecule has 140 valence electrons. The summed E-state index contributed by atoms with van der Waals surface area (Å²) >= 11 is 5.91. The SMILES string of the molecule is Cc1cc(C(=O)N[C@H](C)c2c(-c3ccc(Cl)cc3)noc2C(=O)O)c(C)o1. The zero-order chi connectivity index (χ0) is 19.7. The van der Waals surface area contributed by atoms with Crippen molar-refractivity contribution in [1.82, 2.24) is 10.5 Å². The average Bonchev–Trinajstić information content (AvgIpc) is 3.19. The molecule has 3 rings (SSSR count). The van der Waals surface area contributed by atoms with Gasteiger partial charge < -0.3 is 19.4 Å². The summed E-state index contributed by atoms with van der Waals surface area (Å²) in [5.74, 6) is -0.874. The molecule has 1 atom stereocenters. The van der Waals surface area contributed by atoms with E-state index in [-0.39, 0.29) is 17.2 Å². The van der Waals surface area contributed by atoms with E-state index >= 15 is 0 Å². The average molecular weight is 389 g/mol. The Morgan fingerprint density at radius 3 is 2.44 bits per heavy atom. The van der Waals surface area contributed by atoms with Crippen LogP contribution in [0.5, 0.6) is 0 Å². The zero-order valence-electron chi connectivity index (χ0n) is 14.9. The number of hydrogen-bond donors (Lipinski definition) is 2. The van der Waals surface area contributed by atoms with Crippen molar-refractivity contribution in [3.63, 3.8) is 0 Å². The van der Waals surface area contributed by atoms with Gasteiger partial charge in [-0.1, -0.05) is 28.9 Å². The highest BCUT2D eigenvalue weighted by Crippen LogP contribution is 2.31. The minimum Gasteiger partial charge on any atom is -0.475 e. The van der Waals surface area contributed by atoms with Crippen LogP contribution in [0.25, 0.3) is 11.3 Å². The first-order chi connectivity index (χ1) is 12.8. The predicted molar refractivity (Wildman–Crippen MR) is 98.0 cm³/mol. The lowest BCUT2D eigenvalue weighted by molar-refractivity contribution is 0.0648. The van der Waals surface area contributed by atoms with Crippen LogP contribution in [0, 0.1) is 13.8 Å². The molecule has 27 heavy (non-hydrogen) atoms. The fraction of sp³-hybridized carbons (Fsp3) is 0.211. The van der Waals surface area contributed by atoms with Crippen LogP contribution in [0.15, 0.2) is 39.3 Å². The number of aromatic nitrogens is 1. The molecule has 0 unspecified atom stereocenters. The van der Waals surface area contributed by atoms with E-state index in [1.54, 1.807) is 51.1 Å². The molecule has 0 aliphatic heterocycles. The number of halogens is 1. The fourth-order valence-corrected chi connectivity index (χ4v) is 3.00. The summed E-state index contributed by atoms with van der Waals surface area (Å²) in [7, 11) is 0. The summed E-state index contributed by atoms with van der Waals surface area (Å²) in [6, 6.07) is 7.69.